The third kappa shape index (κ3) is 11.9. The van der Waals surface area contributed by atoms with E-state index in [0.717, 1.165) is 25.1 Å². The summed E-state index contributed by atoms with van der Waals surface area (Å²) in [6.07, 6.45) is 0.853. The van der Waals surface area contributed by atoms with E-state index in [-0.39, 0.29) is 23.7 Å². The number of ketones is 1. The molecule has 1 unspecified atom stereocenters. The molecule has 2 N–H and O–H groups in total. The van der Waals surface area contributed by atoms with Crippen molar-refractivity contribution in [3.8, 4) is 5.75 Å². The van der Waals surface area contributed by atoms with Crippen LogP contribution < -0.4 is 10.5 Å². The SMILES string of the molecule is CS(=O)(=O)c1ccc(C2=C(c3ccc(OC(CCCN)C(=O)C[N-]C(=O)C[N-]C(=O)C[N-]C(=O)C[S-])cc3)C(=O)OC2)cc1.[O]=[Tc+4]. The molecule has 3 amide bonds. The van der Waals surface area contributed by atoms with Crippen molar-refractivity contribution in [2.75, 3.05) is 44.8 Å². The number of carbonyl (C=O) groups excluding carboxylic acids is 5. The van der Waals surface area contributed by atoms with Gasteiger partial charge in [-0.15, -0.1) is 5.75 Å². The predicted molar refractivity (Wildman–Crippen MR) is 164 cm³/mol. The fourth-order valence-electron chi connectivity index (χ4n) is 4.01. The second-order valence-corrected chi connectivity index (χ2v) is 11.8. The molecule has 1 aliphatic heterocycles. The zero-order valence-corrected chi connectivity index (χ0v) is 28.0. The van der Waals surface area contributed by atoms with E-state index in [1.165, 1.54) is 12.1 Å². The number of rotatable bonds is 16. The molecule has 0 aromatic heterocycles. The van der Waals surface area contributed by atoms with Crippen LogP contribution >= 0.6 is 0 Å². The van der Waals surface area contributed by atoms with Gasteiger partial charge in [-0.3, -0.25) is 4.79 Å². The summed E-state index contributed by atoms with van der Waals surface area (Å²) in [5, 5.41) is 10.5. The molecule has 0 aliphatic carbocycles. The van der Waals surface area contributed by atoms with Crippen LogP contribution in [0.1, 0.15) is 24.0 Å². The summed E-state index contributed by atoms with van der Waals surface area (Å²) in [4.78, 5) is 60.2. The van der Waals surface area contributed by atoms with Crippen LogP contribution in [-0.4, -0.2) is 88.8 Å². The van der Waals surface area contributed by atoms with Gasteiger partial charge in [-0.2, -0.15) is 0 Å². The first-order valence-corrected chi connectivity index (χ1v) is 16.7. The van der Waals surface area contributed by atoms with Gasteiger partial charge in [-0.25, -0.2) is 13.2 Å². The van der Waals surface area contributed by atoms with Crippen molar-refractivity contribution in [1.29, 1.82) is 0 Å². The van der Waals surface area contributed by atoms with Crippen molar-refractivity contribution >= 4 is 63.1 Å². The number of carbonyl (C=O) groups is 5. The van der Waals surface area contributed by atoms with Gasteiger partial charge in [-0.05, 0) is 54.8 Å². The summed E-state index contributed by atoms with van der Waals surface area (Å²) < 4.78 is 42.9. The molecule has 1 atom stereocenters. The molecular formula is C29H30N4O10S2Tc. The van der Waals surface area contributed by atoms with E-state index in [0.29, 0.717) is 41.0 Å². The number of amides is 3. The summed E-state index contributed by atoms with van der Waals surface area (Å²) >= 11 is 5.41. The molecule has 0 fully saturated rings. The van der Waals surface area contributed by atoms with Gasteiger partial charge in [0.15, 0.2) is 21.7 Å². The van der Waals surface area contributed by atoms with E-state index in [1.807, 2.05) is 0 Å². The van der Waals surface area contributed by atoms with Crippen molar-refractivity contribution < 1.29 is 64.2 Å². The van der Waals surface area contributed by atoms with Crippen molar-refractivity contribution in [3.63, 3.8) is 0 Å². The molecule has 0 saturated carbocycles. The van der Waals surface area contributed by atoms with E-state index in [2.05, 4.69) is 28.6 Å². The van der Waals surface area contributed by atoms with E-state index in [9.17, 15) is 32.4 Å². The first-order chi connectivity index (χ1) is 21.9. The van der Waals surface area contributed by atoms with Gasteiger partial charge in [0.05, 0.1) is 10.5 Å². The van der Waals surface area contributed by atoms with Crippen molar-refractivity contribution in [2.45, 2.75) is 23.8 Å². The Hall–Kier alpha value is -3.76. The van der Waals surface area contributed by atoms with Crippen molar-refractivity contribution in [1.82, 2.24) is 0 Å². The number of ether oxygens (including phenoxy) is 2. The van der Waals surface area contributed by atoms with Crippen LogP contribution in [0.5, 0.6) is 5.75 Å². The van der Waals surface area contributed by atoms with Gasteiger partial charge in [-0.1, -0.05) is 43.9 Å². The van der Waals surface area contributed by atoms with Gasteiger partial charge in [0, 0.05) is 29.6 Å². The Balaban J connectivity index is 0.00000361. The van der Waals surface area contributed by atoms with Crippen LogP contribution in [0.2, 0.25) is 0 Å². The van der Waals surface area contributed by atoms with E-state index in [4.69, 9.17) is 18.7 Å². The Kier molecular flexibility index (Phi) is 15.9. The normalized spacial score (nSPS) is 13.1. The number of nitrogens with zero attached hydrogens (tertiary/aromatic N) is 3. The molecule has 17 heteroatoms. The number of sulfone groups is 1. The Morgan fingerprint density at radius 1 is 0.913 bits per heavy atom. The van der Waals surface area contributed by atoms with E-state index >= 15 is 0 Å². The molecule has 3 rings (SSSR count). The summed E-state index contributed by atoms with van der Waals surface area (Å²) in [7, 11) is -3.38. The molecular weight excluding hydrogens is 726 g/mol. The molecule has 14 nitrogen and oxygen atoms in total. The van der Waals surface area contributed by atoms with E-state index < -0.39 is 65.0 Å². The molecule has 1 heterocycles. The first-order valence-electron chi connectivity index (χ1n) is 13.5. The fraction of sp³-hybridized carbons (Fsp3) is 0.345. The molecule has 2 aromatic rings. The summed E-state index contributed by atoms with van der Waals surface area (Å²) in [5.41, 5.74) is 7.69. The molecule has 0 bridgehead atoms. The van der Waals surface area contributed by atoms with Crippen molar-refractivity contribution in [3.05, 3.63) is 75.6 Å². The third-order valence-corrected chi connectivity index (χ3v) is 7.63. The zero-order valence-electron chi connectivity index (χ0n) is 24.5. The summed E-state index contributed by atoms with van der Waals surface area (Å²) in [6.45, 7) is -1.30. The number of benzene rings is 2. The quantitative estimate of drug-likeness (QED) is 0.191. The van der Waals surface area contributed by atoms with Crippen molar-refractivity contribution in [2.24, 2.45) is 5.73 Å². The number of nitrogens with two attached hydrogens (primary N) is 1. The fourth-order valence-corrected chi connectivity index (χ4v) is 4.73. The molecule has 1 aliphatic rings. The summed E-state index contributed by atoms with van der Waals surface area (Å²) in [5.74, 6) is -3.19. The van der Waals surface area contributed by atoms with Crippen LogP contribution in [0, 0.1) is 0 Å². The maximum absolute atomic E-state index is 12.8. The molecule has 46 heavy (non-hydrogen) atoms. The van der Waals surface area contributed by atoms with Gasteiger partial charge in [0.1, 0.15) is 12.4 Å². The molecule has 2 aromatic carbocycles. The second-order valence-electron chi connectivity index (χ2n) is 9.53. The Bertz CT molecular complexity index is 1550. The average molecular weight is 757 g/mol. The van der Waals surface area contributed by atoms with Gasteiger partial charge >= 0.3 is 28.3 Å². The minimum atomic E-state index is -3.38. The first kappa shape index (κ1) is 38.4. The molecule has 0 saturated heterocycles. The maximum atomic E-state index is 12.8. The number of hydrogen-bond donors (Lipinski definition) is 1. The van der Waals surface area contributed by atoms with Crippen LogP contribution in [0.3, 0.4) is 0 Å². The Labute approximate surface area is 282 Å². The summed E-state index contributed by atoms with van der Waals surface area (Å²) in [6, 6.07) is 12.6. The van der Waals surface area contributed by atoms with Gasteiger partial charge in [0.25, 0.3) is 0 Å². The zero-order chi connectivity index (χ0) is 34.3. The third-order valence-electron chi connectivity index (χ3n) is 6.25. The monoisotopic (exact) mass is 755 g/mol. The second kappa shape index (κ2) is 19.0. The topological polar surface area (TPSA) is 223 Å². The molecule has 0 radical (unpaired) electrons. The molecule has 245 valence electrons. The molecule has 0 spiro atoms. The van der Waals surface area contributed by atoms with Crippen LogP contribution in [0.25, 0.3) is 27.1 Å². The Morgan fingerprint density at radius 2 is 1.46 bits per heavy atom. The van der Waals surface area contributed by atoms with Crippen LogP contribution in [-0.2, 0) is 73.5 Å². The van der Waals surface area contributed by atoms with E-state index in [1.54, 1.807) is 36.4 Å². The van der Waals surface area contributed by atoms with Gasteiger partial charge in [0.2, 0.25) is 0 Å². The standard InChI is InChI=1S/C29H34N4O9S2.O.Tc/c1-44(39,40)21-10-6-18(7-11-21)22-16-41-29(38)28(22)19-4-8-20(9-5-19)42-24(3-2-12-30)23(34)13-31-25(35)14-32-26(36)15-33-27(37)17-43;;/h4-11,24H,2-3,12-17,30H2,1H3,(H4,31,32,33,35,36,37,43);;/q;;+4/p-4. The number of Topliss-reactive ketones (excluding diaryl/α,β-unsaturated/α-hetero) is 1. The van der Waals surface area contributed by atoms with Gasteiger partial charge < -0.3 is 58.2 Å². The Morgan fingerprint density at radius 3 is 2.00 bits per heavy atom. The number of esters is 1. The predicted octanol–water partition coefficient (Wildman–Crippen LogP) is 1.74. The van der Waals surface area contributed by atoms with Crippen LogP contribution in [0.15, 0.2) is 53.4 Å². The number of hydrogen-bond acceptors (Lipinski definition) is 12. The average Bonchev–Trinajstić information content (AvgIpc) is 3.45. The van der Waals surface area contributed by atoms with Crippen LogP contribution in [0.4, 0.5) is 0 Å². The number of cyclic esters (lactones) is 1. The minimum absolute atomic E-state index is 0.0218.